The predicted molar refractivity (Wildman–Crippen MR) is 127 cm³/mol. The number of phosphoric ester groups is 1. The topological polar surface area (TPSA) is 134 Å². The third kappa shape index (κ3) is 5.37. The molecule has 2 atom stereocenters. The van der Waals surface area contributed by atoms with Crippen molar-refractivity contribution < 1.29 is 23.3 Å². The molecule has 0 spiro atoms. The molecule has 0 aliphatic heterocycles. The molecule has 2 aromatic carbocycles. The van der Waals surface area contributed by atoms with Crippen LogP contribution in [-0.2, 0) is 21.2 Å². The van der Waals surface area contributed by atoms with Crippen LogP contribution in [0.1, 0.15) is 34.5 Å². The van der Waals surface area contributed by atoms with Crippen molar-refractivity contribution in [3.05, 3.63) is 88.0 Å². The van der Waals surface area contributed by atoms with Gasteiger partial charge >= 0.3 is 7.82 Å². The summed E-state index contributed by atoms with van der Waals surface area (Å²) in [5, 5.41) is 15.5. The molecule has 9 nitrogen and oxygen atoms in total. The highest BCUT2D eigenvalue weighted by molar-refractivity contribution is 7.46. The van der Waals surface area contributed by atoms with Gasteiger partial charge in [-0.3, -0.25) is 4.52 Å². The Morgan fingerprint density at radius 2 is 2.03 bits per heavy atom. The second-order valence-corrected chi connectivity index (χ2v) is 10.1. The van der Waals surface area contributed by atoms with Gasteiger partial charge in [0.15, 0.2) is 0 Å². The quantitative estimate of drug-likeness (QED) is 0.328. The Morgan fingerprint density at radius 3 is 2.63 bits per heavy atom. The van der Waals surface area contributed by atoms with Crippen LogP contribution in [0, 0.1) is 24.1 Å². The molecule has 2 aromatic heterocycles. The molecule has 12 heteroatoms. The van der Waals surface area contributed by atoms with Gasteiger partial charge in [-0.15, -0.1) is 11.3 Å². The maximum atomic E-state index is 14.0. The Morgan fingerprint density at radius 1 is 1.29 bits per heavy atom. The number of aromatic nitrogens is 4. The van der Waals surface area contributed by atoms with E-state index in [4.69, 9.17) is 14.8 Å². The van der Waals surface area contributed by atoms with E-state index in [9.17, 15) is 18.7 Å². The summed E-state index contributed by atoms with van der Waals surface area (Å²) in [6.07, 6.45) is 2.71. The van der Waals surface area contributed by atoms with Gasteiger partial charge in [-0.2, -0.15) is 10.4 Å². The number of hydrogen-bond acceptors (Lipinski definition) is 7. The molecule has 0 fully saturated rings. The fourth-order valence-electron chi connectivity index (χ4n) is 4.02. The van der Waals surface area contributed by atoms with E-state index < -0.39 is 25.2 Å². The summed E-state index contributed by atoms with van der Waals surface area (Å²) < 4.78 is 33.2. The zero-order chi connectivity index (χ0) is 25.2. The molecule has 2 heterocycles. The molecule has 0 aliphatic rings. The predicted octanol–water partition coefficient (Wildman–Crippen LogP) is 4.53. The number of hydrogen-bond donors (Lipinski definition) is 2. The highest BCUT2D eigenvalue weighted by atomic mass is 32.1. The van der Waals surface area contributed by atoms with Crippen LogP contribution in [0.25, 0.3) is 11.3 Å². The maximum Gasteiger partial charge on any atom is 0.470 e. The third-order valence-electron chi connectivity index (χ3n) is 5.69. The van der Waals surface area contributed by atoms with E-state index in [1.807, 2.05) is 5.38 Å². The van der Waals surface area contributed by atoms with E-state index in [-0.39, 0.29) is 6.54 Å². The fraction of sp³-hybridized carbons (Fsp3) is 0.217. The highest BCUT2D eigenvalue weighted by Crippen LogP contribution is 2.53. The summed E-state index contributed by atoms with van der Waals surface area (Å²) in [4.78, 5) is 28.5. The summed E-state index contributed by atoms with van der Waals surface area (Å²) in [7, 11) is -5.05. The number of nitrogens with zero attached hydrogens (tertiary/aromatic N) is 5. The lowest BCUT2D eigenvalue weighted by atomic mass is 9.80. The molecule has 0 bridgehead atoms. The molecule has 0 radical (unpaired) electrons. The molecule has 0 saturated heterocycles. The van der Waals surface area contributed by atoms with Crippen LogP contribution < -0.4 is 0 Å². The summed E-state index contributed by atoms with van der Waals surface area (Å²) >= 11 is 1.30. The van der Waals surface area contributed by atoms with Crippen molar-refractivity contribution in [2.24, 2.45) is 0 Å². The van der Waals surface area contributed by atoms with E-state index in [1.54, 1.807) is 38.1 Å². The van der Waals surface area contributed by atoms with Crippen molar-refractivity contribution in [1.82, 2.24) is 19.7 Å². The lowest BCUT2D eigenvalue weighted by Gasteiger charge is -2.39. The zero-order valence-electron chi connectivity index (χ0n) is 18.7. The molecule has 0 saturated carbocycles. The van der Waals surface area contributed by atoms with Gasteiger partial charge in [0.25, 0.3) is 0 Å². The van der Waals surface area contributed by atoms with Crippen LogP contribution in [0.2, 0.25) is 0 Å². The largest absolute Gasteiger partial charge is 0.470 e. The minimum absolute atomic E-state index is 0.114. The second-order valence-electron chi connectivity index (χ2n) is 8.01. The first kappa shape index (κ1) is 24.9. The van der Waals surface area contributed by atoms with Gasteiger partial charge in [-0.1, -0.05) is 25.1 Å². The SMILES string of the molecule is Cc1cc(F)ccc1C(Cn1cncn1)(OP(=O)(O)O)[C@@H](C)c1nc(-c2ccc(C#N)cc2)cs1. The summed E-state index contributed by atoms with van der Waals surface area (Å²) in [6.45, 7) is 3.28. The van der Waals surface area contributed by atoms with Gasteiger partial charge in [0, 0.05) is 16.9 Å². The van der Waals surface area contributed by atoms with Crippen LogP contribution in [0.5, 0.6) is 0 Å². The molecule has 4 rings (SSSR count). The Balaban J connectivity index is 1.85. The lowest BCUT2D eigenvalue weighted by Crippen LogP contribution is -2.40. The number of thiazole rings is 1. The summed E-state index contributed by atoms with van der Waals surface area (Å²) in [5.41, 5.74) is 1.13. The van der Waals surface area contributed by atoms with Crippen molar-refractivity contribution >= 4 is 19.2 Å². The first-order chi connectivity index (χ1) is 16.6. The average molecular weight is 513 g/mol. The monoisotopic (exact) mass is 513 g/mol. The first-order valence-corrected chi connectivity index (χ1v) is 12.8. The molecule has 0 amide bonds. The first-order valence-electron chi connectivity index (χ1n) is 10.4. The highest BCUT2D eigenvalue weighted by Gasteiger charge is 2.48. The van der Waals surface area contributed by atoms with E-state index in [0.29, 0.717) is 27.4 Å². The van der Waals surface area contributed by atoms with E-state index >= 15 is 0 Å². The van der Waals surface area contributed by atoms with Gasteiger partial charge in [-0.25, -0.2) is 23.6 Å². The van der Waals surface area contributed by atoms with Gasteiger partial charge in [0.05, 0.1) is 28.9 Å². The number of halogens is 1. The van der Waals surface area contributed by atoms with E-state index in [1.165, 1.54) is 46.9 Å². The minimum atomic E-state index is -5.05. The Kier molecular flexibility index (Phi) is 6.94. The van der Waals surface area contributed by atoms with Crippen molar-refractivity contribution in [3.8, 4) is 17.3 Å². The molecular formula is C23H21FN5O4PS. The van der Waals surface area contributed by atoms with Crippen molar-refractivity contribution in [2.45, 2.75) is 31.9 Å². The molecule has 4 aromatic rings. The van der Waals surface area contributed by atoms with Crippen molar-refractivity contribution in [2.75, 3.05) is 0 Å². The minimum Gasteiger partial charge on any atom is -0.303 e. The Hall–Kier alpha value is -3.26. The maximum absolute atomic E-state index is 14.0. The van der Waals surface area contributed by atoms with Gasteiger partial charge in [0.2, 0.25) is 0 Å². The van der Waals surface area contributed by atoms with Crippen LogP contribution in [0.4, 0.5) is 4.39 Å². The van der Waals surface area contributed by atoms with Crippen LogP contribution in [0.15, 0.2) is 60.5 Å². The molecule has 180 valence electrons. The standard InChI is InChI=1S/C23H21FN5O4PS/c1-15-9-19(24)7-8-20(15)23(33-34(30,31)32,12-29-14-26-13-27-29)16(2)22-28-21(11-35-22)18-5-3-17(10-25)4-6-18/h3-9,11,13-14,16H,12H2,1-2H3,(H2,30,31,32)/t16-,23?/m0/s1. The third-order valence-corrected chi connectivity index (χ3v) is 7.28. The molecule has 2 N–H and O–H groups in total. The smallest absolute Gasteiger partial charge is 0.303 e. The van der Waals surface area contributed by atoms with E-state index in [0.717, 1.165) is 5.56 Å². The Bertz CT molecular complexity index is 1410. The molecular weight excluding hydrogens is 492 g/mol. The number of benzene rings is 2. The van der Waals surface area contributed by atoms with Gasteiger partial charge in [-0.05, 0) is 42.3 Å². The second kappa shape index (κ2) is 9.77. The number of aryl methyl sites for hydroxylation is 1. The molecule has 35 heavy (non-hydrogen) atoms. The zero-order valence-corrected chi connectivity index (χ0v) is 20.4. The van der Waals surface area contributed by atoms with Gasteiger partial charge in [0.1, 0.15) is 24.1 Å². The lowest BCUT2D eigenvalue weighted by molar-refractivity contribution is -0.00838. The number of rotatable bonds is 8. The van der Waals surface area contributed by atoms with Crippen LogP contribution in [0.3, 0.4) is 0 Å². The normalized spacial score (nSPS) is 14.3. The van der Waals surface area contributed by atoms with E-state index in [2.05, 4.69) is 16.2 Å². The van der Waals surface area contributed by atoms with Crippen molar-refractivity contribution in [1.29, 1.82) is 5.26 Å². The summed E-state index contributed by atoms with van der Waals surface area (Å²) in [5.74, 6) is -1.18. The van der Waals surface area contributed by atoms with Crippen LogP contribution in [-0.4, -0.2) is 29.5 Å². The molecule has 1 unspecified atom stereocenters. The average Bonchev–Trinajstić information content (AvgIpc) is 3.49. The van der Waals surface area contributed by atoms with Gasteiger partial charge < -0.3 is 9.79 Å². The number of nitriles is 1. The van der Waals surface area contributed by atoms with Crippen molar-refractivity contribution in [3.63, 3.8) is 0 Å². The van der Waals surface area contributed by atoms with Crippen LogP contribution >= 0.6 is 19.2 Å². The molecule has 0 aliphatic carbocycles. The summed E-state index contributed by atoms with van der Waals surface area (Å²) in [6, 6.07) is 13.0. The fourth-order valence-corrected chi connectivity index (χ4v) is 5.72. The Labute approximate surface area is 204 Å². The number of phosphoric acid groups is 1.